The zero-order chi connectivity index (χ0) is 21.3. The van der Waals surface area contributed by atoms with Crippen molar-refractivity contribution in [1.29, 1.82) is 0 Å². The lowest BCUT2D eigenvalue weighted by Crippen LogP contribution is -2.49. The molecule has 0 saturated carbocycles. The molecule has 30 heavy (non-hydrogen) atoms. The molecule has 0 fully saturated rings. The first-order chi connectivity index (χ1) is 14.6. The Morgan fingerprint density at radius 1 is 0.900 bits per heavy atom. The number of anilines is 1. The van der Waals surface area contributed by atoms with Crippen molar-refractivity contribution in [2.75, 3.05) is 12.0 Å². The van der Waals surface area contributed by atoms with E-state index in [-0.39, 0.29) is 12.3 Å². The first-order valence-corrected chi connectivity index (χ1v) is 9.59. The van der Waals surface area contributed by atoms with Gasteiger partial charge in [-0.1, -0.05) is 60.7 Å². The van der Waals surface area contributed by atoms with Crippen LogP contribution in [0.2, 0.25) is 0 Å². The molecule has 0 saturated heterocycles. The molecule has 3 aromatic rings. The number of carboxylic acid groups (broad SMARTS) is 1. The van der Waals surface area contributed by atoms with E-state index in [9.17, 15) is 14.7 Å². The quantitative estimate of drug-likeness (QED) is 0.592. The summed E-state index contributed by atoms with van der Waals surface area (Å²) < 4.78 is 5.21. The second-order valence-electron chi connectivity index (χ2n) is 6.80. The summed E-state index contributed by atoms with van der Waals surface area (Å²) in [5, 5.41) is 11.7. The summed E-state index contributed by atoms with van der Waals surface area (Å²) in [6, 6.07) is 25.2. The third-order valence-electron chi connectivity index (χ3n) is 4.71. The number of hydrogen-bond donors (Lipinski definition) is 2. The third-order valence-corrected chi connectivity index (χ3v) is 4.71. The molecule has 154 valence electrons. The fourth-order valence-corrected chi connectivity index (χ4v) is 3.21. The molecular formula is C24H24N2O4. The number of benzene rings is 3. The average Bonchev–Trinajstić information content (AvgIpc) is 2.78. The monoisotopic (exact) mass is 404 g/mol. The maximum Gasteiger partial charge on any atom is 0.405 e. The minimum atomic E-state index is -1.24. The van der Waals surface area contributed by atoms with Crippen LogP contribution in [0.15, 0.2) is 84.9 Å². The van der Waals surface area contributed by atoms with Gasteiger partial charge in [0.1, 0.15) is 11.8 Å². The molecule has 2 amide bonds. The minimum absolute atomic E-state index is 0.257. The molecule has 6 nitrogen and oxygen atoms in total. The first-order valence-electron chi connectivity index (χ1n) is 9.59. The van der Waals surface area contributed by atoms with E-state index in [1.54, 1.807) is 36.3 Å². The molecule has 6 heteroatoms. The van der Waals surface area contributed by atoms with E-state index in [1.165, 1.54) is 0 Å². The molecular weight excluding hydrogens is 380 g/mol. The van der Waals surface area contributed by atoms with E-state index in [4.69, 9.17) is 4.74 Å². The highest BCUT2D eigenvalue weighted by Gasteiger charge is 2.27. The van der Waals surface area contributed by atoms with Crippen molar-refractivity contribution in [3.05, 3.63) is 96.1 Å². The molecule has 0 bridgehead atoms. The summed E-state index contributed by atoms with van der Waals surface area (Å²) in [6.07, 6.45) is -0.980. The lowest BCUT2D eigenvalue weighted by molar-refractivity contribution is -0.120. The summed E-state index contributed by atoms with van der Waals surface area (Å²) in [5.41, 5.74) is 2.48. The number of amides is 2. The van der Waals surface area contributed by atoms with Gasteiger partial charge in [0.15, 0.2) is 0 Å². The molecule has 1 atom stereocenters. The van der Waals surface area contributed by atoms with Gasteiger partial charge < -0.3 is 20.1 Å². The van der Waals surface area contributed by atoms with Crippen LogP contribution in [0.4, 0.5) is 10.5 Å². The van der Waals surface area contributed by atoms with Crippen molar-refractivity contribution in [2.24, 2.45) is 0 Å². The zero-order valence-electron chi connectivity index (χ0n) is 16.7. The number of rotatable bonds is 8. The Hall–Kier alpha value is -3.80. The van der Waals surface area contributed by atoms with Crippen LogP contribution in [0, 0.1) is 0 Å². The van der Waals surface area contributed by atoms with Gasteiger partial charge in [0.25, 0.3) is 0 Å². The van der Waals surface area contributed by atoms with Gasteiger partial charge in [0.05, 0.1) is 13.7 Å². The number of methoxy groups -OCH3 is 1. The van der Waals surface area contributed by atoms with Crippen LogP contribution >= 0.6 is 0 Å². The molecule has 3 rings (SSSR count). The Labute approximate surface area is 175 Å². The minimum Gasteiger partial charge on any atom is -0.497 e. The van der Waals surface area contributed by atoms with Crippen LogP contribution in [0.5, 0.6) is 5.75 Å². The highest BCUT2D eigenvalue weighted by molar-refractivity contribution is 5.98. The van der Waals surface area contributed by atoms with E-state index < -0.39 is 12.1 Å². The van der Waals surface area contributed by atoms with E-state index in [0.29, 0.717) is 18.0 Å². The van der Waals surface area contributed by atoms with Gasteiger partial charge in [-0.3, -0.25) is 4.79 Å². The van der Waals surface area contributed by atoms with Gasteiger partial charge in [0.2, 0.25) is 5.91 Å². The van der Waals surface area contributed by atoms with Crippen LogP contribution in [0.1, 0.15) is 11.1 Å². The Kier molecular flexibility index (Phi) is 7.05. The summed E-state index contributed by atoms with van der Waals surface area (Å²) in [5.74, 6) is 0.352. The highest BCUT2D eigenvalue weighted by atomic mass is 16.5. The lowest BCUT2D eigenvalue weighted by Gasteiger charge is -2.28. The van der Waals surface area contributed by atoms with E-state index in [1.807, 2.05) is 60.7 Å². The number of carbonyl (C=O) groups excluding carboxylic acids is 1. The fourth-order valence-electron chi connectivity index (χ4n) is 3.21. The molecule has 3 aromatic carbocycles. The second-order valence-corrected chi connectivity index (χ2v) is 6.80. The van der Waals surface area contributed by atoms with Gasteiger partial charge in [-0.05, 0) is 35.4 Å². The number of ether oxygens (including phenoxy) is 1. The topological polar surface area (TPSA) is 78.9 Å². The molecule has 0 heterocycles. The van der Waals surface area contributed by atoms with Crippen LogP contribution in [-0.4, -0.2) is 30.3 Å². The van der Waals surface area contributed by atoms with Crippen LogP contribution in [0.25, 0.3) is 0 Å². The van der Waals surface area contributed by atoms with Crippen molar-refractivity contribution in [3.8, 4) is 5.75 Å². The van der Waals surface area contributed by atoms with Crippen molar-refractivity contribution in [1.82, 2.24) is 5.32 Å². The SMILES string of the molecule is COc1ccc(N(Cc2ccccc2)C(=O)C(Cc2ccccc2)NC(=O)O)cc1. The van der Waals surface area contributed by atoms with Gasteiger partial charge in [-0.15, -0.1) is 0 Å². The van der Waals surface area contributed by atoms with Crippen molar-refractivity contribution in [2.45, 2.75) is 19.0 Å². The third kappa shape index (κ3) is 5.61. The first kappa shape index (κ1) is 20.9. The van der Waals surface area contributed by atoms with Crippen molar-refractivity contribution in [3.63, 3.8) is 0 Å². The molecule has 0 aliphatic heterocycles. The average molecular weight is 404 g/mol. The molecule has 0 aliphatic carbocycles. The smallest absolute Gasteiger partial charge is 0.405 e. The predicted molar refractivity (Wildman–Crippen MR) is 116 cm³/mol. The Morgan fingerprint density at radius 2 is 1.47 bits per heavy atom. The number of nitrogens with zero attached hydrogens (tertiary/aromatic N) is 1. The number of hydrogen-bond acceptors (Lipinski definition) is 3. The second kappa shape index (κ2) is 10.1. The van der Waals surface area contributed by atoms with E-state index in [2.05, 4.69) is 5.32 Å². The predicted octanol–water partition coefficient (Wildman–Crippen LogP) is 4.11. The lowest BCUT2D eigenvalue weighted by atomic mass is 10.0. The summed E-state index contributed by atoms with van der Waals surface area (Å²) >= 11 is 0. The number of carbonyl (C=O) groups is 2. The van der Waals surface area contributed by atoms with Gasteiger partial charge in [-0.25, -0.2) is 4.79 Å². The Bertz CT molecular complexity index is 960. The highest BCUT2D eigenvalue weighted by Crippen LogP contribution is 2.23. The normalized spacial score (nSPS) is 11.4. The van der Waals surface area contributed by atoms with Gasteiger partial charge >= 0.3 is 6.09 Å². The largest absolute Gasteiger partial charge is 0.497 e. The molecule has 0 spiro atoms. The van der Waals surface area contributed by atoms with Crippen molar-refractivity contribution >= 4 is 17.7 Å². The maximum atomic E-state index is 13.5. The van der Waals surface area contributed by atoms with Crippen LogP contribution < -0.4 is 15.0 Å². The summed E-state index contributed by atoms with van der Waals surface area (Å²) in [4.78, 5) is 26.5. The number of nitrogens with one attached hydrogen (secondary N) is 1. The van der Waals surface area contributed by atoms with Gasteiger partial charge in [-0.2, -0.15) is 0 Å². The summed E-state index contributed by atoms with van der Waals surface area (Å²) in [6.45, 7) is 0.318. The van der Waals surface area contributed by atoms with Crippen molar-refractivity contribution < 1.29 is 19.4 Å². The van der Waals surface area contributed by atoms with E-state index >= 15 is 0 Å². The zero-order valence-corrected chi connectivity index (χ0v) is 16.7. The molecule has 0 radical (unpaired) electrons. The Balaban J connectivity index is 1.93. The molecule has 0 aliphatic rings. The fraction of sp³-hybridized carbons (Fsp3) is 0.167. The molecule has 1 unspecified atom stereocenters. The van der Waals surface area contributed by atoms with Crippen LogP contribution in [-0.2, 0) is 17.8 Å². The summed E-state index contributed by atoms with van der Waals surface area (Å²) in [7, 11) is 1.58. The van der Waals surface area contributed by atoms with Crippen LogP contribution in [0.3, 0.4) is 0 Å². The Morgan fingerprint density at radius 3 is 2.00 bits per heavy atom. The molecule has 2 N–H and O–H groups in total. The van der Waals surface area contributed by atoms with Gasteiger partial charge in [0, 0.05) is 12.1 Å². The standard InChI is InChI=1S/C24H24N2O4/c1-30-21-14-12-20(13-15-21)26(17-19-10-6-3-7-11-19)23(27)22(25-24(28)29)16-18-8-4-2-5-9-18/h2-15,22,25H,16-17H2,1H3,(H,28,29). The maximum absolute atomic E-state index is 13.5. The van der Waals surface area contributed by atoms with E-state index in [0.717, 1.165) is 11.1 Å². The molecule has 0 aromatic heterocycles.